The zero-order valence-electron chi connectivity index (χ0n) is 13.6. The predicted molar refractivity (Wildman–Crippen MR) is 80.9 cm³/mol. The number of hydrogen-bond acceptors (Lipinski definition) is 4. The minimum Gasteiger partial charge on any atom is -0.469 e. The van der Waals surface area contributed by atoms with E-state index in [0.717, 1.165) is 11.0 Å². The molecule has 1 heterocycles. The Labute approximate surface area is 142 Å². The molecule has 0 radical (unpaired) electrons. The highest BCUT2D eigenvalue weighted by molar-refractivity contribution is 5.94. The maximum atomic E-state index is 13.9. The summed E-state index contributed by atoms with van der Waals surface area (Å²) in [6.07, 6.45) is 1.39. The van der Waals surface area contributed by atoms with Gasteiger partial charge in [0, 0.05) is 6.54 Å². The molecule has 134 valence electrons. The number of furan rings is 1. The number of carbonyl (C=O) groups is 2. The Morgan fingerprint density at radius 2 is 1.92 bits per heavy atom. The maximum Gasteiger partial charge on any atom is 0.310 e. The van der Waals surface area contributed by atoms with Crippen molar-refractivity contribution < 1.29 is 31.9 Å². The molecule has 0 spiro atoms. The van der Waals surface area contributed by atoms with Crippen LogP contribution in [0.4, 0.5) is 13.2 Å². The van der Waals surface area contributed by atoms with Gasteiger partial charge in [0.15, 0.2) is 17.5 Å². The Morgan fingerprint density at radius 3 is 2.52 bits per heavy atom. The van der Waals surface area contributed by atoms with Gasteiger partial charge in [0.2, 0.25) is 0 Å². The second-order valence-electron chi connectivity index (χ2n) is 5.41. The SMILES string of the molecule is COC(=O)C(C)CN(Cc1ccco1)C(=O)c1ccc(F)c(F)c1F. The lowest BCUT2D eigenvalue weighted by Crippen LogP contribution is -2.37. The van der Waals surface area contributed by atoms with Crippen LogP contribution in [-0.4, -0.2) is 30.4 Å². The van der Waals surface area contributed by atoms with Gasteiger partial charge in [-0.25, -0.2) is 13.2 Å². The molecule has 1 aromatic heterocycles. The lowest BCUT2D eigenvalue weighted by Gasteiger charge is -2.24. The average molecular weight is 355 g/mol. The Balaban J connectivity index is 2.32. The van der Waals surface area contributed by atoms with Gasteiger partial charge in [0.25, 0.3) is 5.91 Å². The van der Waals surface area contributed by atoms with Crippen LogP contribution in [0.2, 0.25) is 0 Å². The number of amides is 1. The molecule has 5 nitrogen and oxygen atoms in total. The number of benzene rings is 1. The summed E-state index contributed by atoms with van der Waals surface area (Å²) in [6, 6.07) is 4.71. The van der Waals surface area contributed by atoms with Crippen LogP contribution in [-0.2, 0) is 16.1 Å². The molecule has 8 heteroatoms. The fourth-order valence-electron chi connectivity index (χ4n) is 2.28. The van der Waals surface area contributed by atoms with Crippen LogP contribution in [0.25, 0.3) is 0 Å². The summed E-state index contributed by atoms with van der Waals surface area (Å²) in [4.78, 5) is 25.3. The number of nitrogens with zero attached hydrogens (tertiary/aromatic N) is 1. The summed E-state index contributed by atoms with van der Waals surface area (Å²) in [7, 11) is 1.20. The molecule has 2 aromatic rings. The van der Waals surface area contributed by atoms with Gasteiger partial charge < -0.3 is 14.1 Å². The normalized spacial score (nSPS) is 11.9. The number of carbonyl (C=O) groups excluding carboxylic acids is 2. The zero-order valence-corrected chi connectivity index (χ0v) is 13.6. The van der Waals surface area contributed by atoms with Gasteiger partial charge in [-0.3, -0.25) is 9.59 Å². The van der Waals surface area contributed by atoms with Crippen LogP contribution < -0.4 is 0 Å². The van der Waals surface area contributed by atoms with Crippen LogP contribution in [0.15, 0.2) is 34.9 Å². The van der Waals surface area contributed by atoms with Crippen molar-refractivity contribution in [3.63, 3.8) is 0 Å². The fraction of sp³-hybridized carbons (Fsp3) is 0.294. The van der Waals surface area contributed by atoms with Crippen LogP contribution >= 0.6 is 0 Å². The standard InChI is InChI=1S/C17H16F3NO4/c1-10(17(23)24-2)8-21(9-11-4-3-7-25-11)16(22)12-5-6-13(18)15(20)14(12)19/h3-7,10H,8-9H2,1-2H3. The van der Waals surface area contributed by atoms with Gasteiger partial charge >= 0.3 is 5.97 Å². The highest BCUT2D eigenvalue weighted by atomic mass is 19.2. The van der Waals surface area contributed by atoms with Crippen molar-refractivity contribution in [2.24, 2.45) is 5.92 Å². The molecule has 0 bridgehead atoms. The van der Waals surface area contributed by atoms with Crippen LogP contribution in [0.1, 0.15) is 23.0 Å². The van der Waals surface area contributed by atoms with E-state index in [4.69, 9.17) is 4.42 Å². The van der Waals surface area contributed by atoms with Crippen molar-refractivity contribution in [1.82, 2.24) is 4.90 Å². The van der Waals surface area contributed by atoms with E-state index >= 15 is 0 Å². The highest BCUT2D eigenvalue weighted by Gasteiger charge is 2.27. The van der Waals surface area contributed by atoms with Gasteiger partial charge in [-0.05, 0) is 24.3 Å². The number of hydrogen-bond donors (Lipinski definition) is 0. The minimum absolute atomic E-state index is 0.0778. The first-order valence-electron chi connectivity index (χ1n) is 7.38. The van der Waals surface area contributed by atoms with Crippen molar-refractivity contribution in [2.45, 2.75) is 13.5 Å². The molecule has 0 saturated heterocycles. The number of esters is 1. The number of rotatable bonds is 6. The average Bonchev–Trinajstić information content (AvgIpc) is 3.11. The van der Waals surface area contributed by atoms with Crippen molar-refractivity contribution in [3.05, 3.63) is 59.3 Å². The number of methoxy groups -OCH3 is 1. The third-order valence-electron chi connectivity index (χ3n) is 3.58. The molecular weight excluding hydrogens is 339 g/mol. The molecule has 1 atom stereocenters. The topological polar surface area (TPSA) is 59.8 Å². The quantitative estimate of drug-likeness (QED) is 0.590. The largest absolute Gasteiger partial charge is 0.469 e. The number of halogens is 3. The second kappa shape index (κ2) is 7.87. The first kappa shape index (κ1) is 18.6. The van der Waals surface area contributed by atoms with E-state index in [1.165, 1.54) is 20.3 Å². The summed E-state index contributed by atoms with van der Waals surface area (Å²) >= 11 is 0. The molecule has 1 amide bonds. The van der Waals surface area contributed by atoms with E-state index in [0.29, 0.717) is 11.8 Å². The Kier molecular flexibility index (Phi) is 5.84. The van der Waals surface area contributed by atoms with Gasteiger partial charge in [-0.1, -0.05) is 6.92 Å². The molecule has 0 N–H and O–H groups in total. The lowest BCUT2D eigenvalue weighted by molar-refractivity contribution is -0.145. The molecule has 0 fully saturated rings. The molecular formula is C17H16F3NO4. The van der Waals surface area contributed by atoms with E-state index in [2.05, 4.69) is 4.74 Å². The number of ether oxygens (including phenoxy) is 1. The molecule has 1 unspecified atom stereocenters. The summed E-state index contributed by atoms with van der Waals surface area (Å²) in [5.74, 6) is -6.50. The first-order chi connectivity index (χ1) is 11.8. The monoisotopic (exact) mass is 355 g/mol. The van der Waals surface area contributed by atoms with Crippen LogP contribution in [0.3, 0.4) is 0 Å². The highest BCUT2D eigenvalue weighted by Crippen LogP contribution is 2.19. The van der Waals surface area contributed by atoms with E-state index in [9.17, 15) is 22.8 Å². The van der Waals surface area contributed by atoms with E-state index in [1.807, 2.05) is 0 Å². The summed E-state index contributed by atoms with van der Waals surface area (Å²) in [6.45, 7) is 1.33. The summed E-state index contributed by atoms with van der Waals surface area (Å²) < 4.78 is 50.2. The van der Waals surface area contributed by atoms with Crippen LogP contribution in [0, 0.1) is 23.4 Å². The van der Waals surface area contributed by atoms with E-state index in [1.54, 1.807) is 12.1 Å². The first-order valence-corrected chi connectivity index (χ1v) is 7.38. The Morgan fingerprint density at radius 1 is 1.20 bits per heavy atom. The second-order valence-corrected chi connectivity index (χ2v) is 5.41. The molecule has 0 aliphatic heterocycles. The summed E-state index contributed by atoms with van der Waals surface area (Å²) in [5, 5.41) is 0. The predicted octanol–water partition coefficient (Wildman–Crippen LogP) is 3.15. The lowest BCUT2D eigenvalue weighted by atomic mass is 10.1. The third kappa shape index (κ3) is 4.20. The van der Waals surface area contributed by atoms with Crippen molar-refractivity contribution in [3.8, 4) is 0 Å². The fourth-order valence-corrected chi connectivity index (χ4v) is 2.28. The van der Waals surface area contributed by atoms with Gasteiger partial charge in [0.05, 0.1) is 31.4 Å². The molecule has 1 aromatic carbocycles. The van der Waals surface area contributed by atoms with Gasteiger partial charge in [-0.2, -0.15) is 0 Å². The molecule has 0 saturated carbocycles. The molecule has 25 heavy (non-hydrogen) atoms. The van der Waals surface area contributed by atoms with Crippen molar-refractivity contribution >= 4 is 11.9 Å². The van der Waals surface area contributed by atoms with Crippen molar-refractivity contribution in [2.75, 3.05) is 13.7 Å². The smallest absolute Gasteiger partial charge is 0.310 e. The van der Waals surface area contributed by atoms with Gasteiger partial charge in [-0.15, -0.1) is 0 Å². The molecule has 0 aliphatic carbocycles. The van der Waals surface area contributed by atoms with Gasteiger partial charge in [0.1, 0.15) is 5.76 Å². The van der Waals surface area contributed by atoms with Crippen LogP contribution in [0.5, 0.6) is 0 Å². The van der Waals surface area contributed by atoms with Crippen molar-refractivity contribution in [1.29, 1.82) is 0 Å². The van der Waals surface area contributed by atoms with E-state index in [-0.39, 0.29) is 13.1 Å². The molecule has 2 rings (SSSR count). The zero-order chi connectivity index (χ0) is 18.6. The molecule has 0 aliphatic rings. The summed E-state index contributed by atoms with van der Waals surface area (Å²) in [5.41, 5.74) is -0.637. The Bertz CT molecular complexity index is 762. The Hall–Kier alpha value is -2.77. The third-order valence-corrected chi connectivity index (χ3v) is 3.58. The maximum absolute atomic E-state index is 13.9. The van der Waals surface area contributed by atoms with E-state index < -0.39 is 40.8 Å². The minimum atomic E-state index is -1.73.